The number of thioether (sulfide) groups is 1. The molecule has 1 aliphatic rings. The van der Waals surface area contributed by atoms with E-state index in [1.54, 1.807) is 18.2 Å². The van der Waals surface area contributed by atoms with E-state index in [2.05, 4.69) is 15.9 Å². The maximum atomic E-state index is 13.3. The summed E-state index contributed by atoms with van der Waals surface area (Å²) in [7, 11) is 1.53. The van der Waals surface area contributed by atoms with Crippen molar-refractivity contribution >= 4 is 56.5 Å². The van der Waals surface area contributed by atoms with Gasteiger partial charge in [0, 0.05) is 5.02 Å². The highest BCUT2D eigenvalue weighted by Crippen LogP contribution is 2.40. The highest BCUT2D eigenvalue weighted by atomic mass is 79.9. The molecule has 0 N–H and O–H groups in total. The van der Waals surface area contributed by atoms with Gasteiger partial charge in [-0.15, -0.1) is 0 Å². The number of carbonyl (C=O) groups excluding carboxylic acids is 2. The van der Waals surface area contributed by atoms with Gasteiger partial charge in [-0.05, 0) is 74.7 Å². The number of halogens is 3. The number of hydrogen-bond donors (Lipinski definition) is 0. The zero-order valence-electron chi connectivity index (χ0n) is 17.9. The third-order valence-corrected chi connectivity index (χ3v) is 6.84. The maximum Gasteiger partial charge on any atom is 0.293 e. The van der Waals surface area contributed by atoms with Gasteiger partial charge in [0.15, 0.2) is 11.5 Å². The van der Waals surface area contributed by atoms with E-state index in [0.29, 0.717) is 33.7 Å². The van der Waals surface area contributed by atoms with Crippen molar-refractivity contribution in [2.24, 2.45) is 0 Å². The minimum absolute atomic E-state index is 0.0413. The van der Waals surface area contributed by atoms with E-state index in [1.807, 2.05) is 30.3 Å². The van der Waals surface area contributed by atoms with E-state index in [1.165, 1.54) is 19.2 Å². The Labute approximate surface area is 213 Å². The van der Waals surface area contributed by atoms with Gasteiger partial charge in [-0.25, -0.2) is 4.39 Å². The minimum Gasteiger partial charge on any atom is -0.493 e. The summed E-state index contributed by atoms with van der Waals surface area (Å²) >= 11 is 10.4. The topological polar surface area (TPSA) is 55.8 Å². The van der Waals surface area contributed by atoms with Crippen LogP contribution in [0.3, 0.4) is 0 Å². The van der Waals surface area contributed by atoms with Crippen LogP contribution in [0.15, 0.2) is 70.0 Å². The molecule has 1 fully saturated rings. The SMILES string of the molecule is COc1cc(/C=C2\SC(=O)N(Cc3ccc(F)cc3Cl)C2=O)cc(Br)c1OCc1ccccc1. The highest BCUT2D eigenvalue weighted by Gasteiger charge is 2.35. The summed E-state index contributed by atoms with van der Waals surface area (Å²) in [6, 6.07) is 17.1. The van der Waals surface area contributed by atoms with Crippen molar-refractivity contribution in [2.45, 2.75) is 13.2 Å². The molecule has 1 saturated heterocycles. The number of carbonyl (C=O) groups is 2. The first-order valence-electron chi connectivity index (χ1n) is 10.1. The molecule has 9 heteroatoms. The van der Waals surface area contributed by atoms with Crippen molar-refractivity contribution in [3.63, 3.8) is 0 Å². The van der Waals surface area contributed by atoms with E-state index < -0.39 is 17.0 Å². The third-order valence-electron chi connectivity index (χ3n) is 4.99. The fraction of sp³-hybridized carbons (Fsp3) is 0.120. The van der Waals surface area contributed by atoms with Gasteiger partial charge in [0.05, 0.1) is 23.0 Å². The van der Waals surface area contributed by atoms with Crippen LogP contribution in [0.4, 0.5) is 9.18 Å². The quantitative estimate of drug-likeness (QED) is 0.288. The standard InChI is InChI=1S/C25H18BrClFNO4S/c1-32-21-10-16(9-19(26)23(21)33-14-15-5-3-2-4-6-15)11-22-24(30)29(25(31)34-22)13-17-7-8-18(28)12-20(17)27/h2-12H,13-14H2,1H3/b22-11-. The Kier molecular flexibility index (Phi) is 7.60. The lowest BCUT2D eigenvalue weighted by atomic mass is 10.1. The molecular formula is C25H18BrClFNO4S. The van der Waals surface area contributed by atoms with Crippen molar-refractivity contribution in [1.29, 1.82) is 0 Å². The molecule has 0 bridgehead atoms. The number of nitrogens with zero attached hydrogens (tertiary/aromatic N) is 1. The first-order valence-corrected chi connectivity index (χ1v) is 12.1. The number of rotatable bonds is 7. The Morgan fingerprint density at radius 1 is 1.12 bits per heavy atom. The lowest BCUT2D eigenvalue weighted by Crippen LogP contribution is -2.27. The van der Waals surface area contributed by atoms with E-state index in [4.69, 9.17) is 21.1 Å². The van der Waals surface area contributed by atoms with Crippen LogP contribution in [-0.4, -0.2) is 23.2 Å². The fourth-order valence-electron chi connectivity index (χ4n) is 3.30. The molecule has 1 heterocycles. The lowest BCUT2D eigenvalue weighted by Gasteiger charge is -2.14. The van der Waals surface area contributed by atoms with Gasteiger partial charge in [-0.1, -0.05) is 48.0 Å². The summed E-state index contributed by atoms with van der Waals surface area (Å²) in [4.78, 5) is 26.7. The van der Waals surface area contributed by atoms with Gasteiger partial charge in [0.25, 0.3) is 11.1 Å². The van der Waals surface area contributed by atoms with E-state index in [9.17, 15) is 14.0 Å². The molecule has 0 aliphatic carbocycles. The van der Waals surface area contributed by atoms with Crippen LogP contribution in [0, 0.1) is 5.82 Å². The average molecular weight is 563 g/mol. The molecule has 0 spiro atoms. The molecule has 5 nitrogen and oxygen atoms in total. The molecule has 2 amide bonds. The Balaban J connectivity index is 1.54. The number of hydrogen-bond acceptors (Lipinski definition) is 5. The third kappa shape index (κ3) is 5.46. The van der Waals surface area contributed by atoms with Crippen LogP contribution in [-0.2, 0) is 17.9 Å². The normalized spacial score (nSPS) is 14.7. The minimum atomic E-state index is -0.487. The summed E-state index contributed by atoms with van der Waals surface area (Å²) in [5.74, 6) is 0.0739. The van der Waals surface area contributed by atoms with Gasteiger partial charge in [-0.3, -0.25) is 14.5 Å². The second kappa shape index (κ2) is 10.6. The summed E-state index contributed by atoms with van der Waals surface area (Å²) < 4.78 is 25.4. The molecule has 0 radical (unpaired) electrons. The van der Waals surface area contributed by atoms with Crippen LogP contribution < -0.4 is 9.47 Å². The second-order valence-corrected chi connectivity index (χ2v) is 9.57. The van der Waals surface area contributed by atoms with Crippen LogP contribution >= 0.6 is 39.3 Å². The van der Waals surface area contributed by atoms with E-state index in [0.717, 1.165) is 28.3 Å². The molecule has 0 aromatic heterocycles. The van der Waals surface area contributed by atoms with Crippen LogP contribution in [0.2, 0.25) is 5.02 Å². The molecule has 0 atom stereocenters. The number of methoxy groups -OCH3 is 1. The molecule has 1 aliphatic heterocycles. The van der Waals surface area contributed by atoms with E-state index in [-0.39, 0.29) is 16.5 Å². The summed E-state index contributed by atoms with van der Waals surface area (Å²) in [6.07, 6.45) is 1.62. The molecule has 0 unspecified atom stereocenters. The second-order valence-electron chi connectivity index (χ2n) is 7.31. The average Bonchev–Trinajstić information content (AvgIpc) is 3.07. The van der Waals surface area contributed by atoms with Crippen molar-refractivity contribution in [3.05, 3.63) is 97.6 Å². The zero-order chi connectivity index (χ0) is 24.2. The molecule has 3 aromatic carbocycles. The van der Waals surface area contributed by atoms with Gasteiger partial charge in [0.2, 0.25) is 0 Å². The first kappa shape index (κ1) is 24.3. The van der Waals surface area contributed by atoms with Crippen molar-refractivity contribution < 1.29 is 23.5 Å². The zero-order valence-corrected chi connectivity index (χ0v) is 21.0. The van der Waals surface area contributed by atoms with Crippen molar-refractivity contribution in [2.75, 3.05) is 7.11 Å². The number of benzene rings is 3. The Morgan fingerprint density at radius 2 is 1.88 bits per heavy atom. The molecule has 0 saturated carbocycles. The van der Waals surface area contributed by atoms with Gasteiger partial charge < -0.3 is 9.47 Å². The van der Waals surface area contributed by atoms with Crippen molar-refractivity contribution in [3.8, 4) is 11.5 Å². The number of ether oxygens (including phenoxy) is 2. The Bertz CT molecular complexity index is 1290. The summed E-state index contributed by atoms with van der Waals surface area (Å²) in [5.41, 5.74) is 2.15. The van der Waals surface area contributed by atoms with Gasteiger partial charge >= 0.3 is 0 Å². The summed E-state index contributed by atoms with van der Waals surface area (Å²) in [6.45, 7) is 0.320. The lowest BCUT2D eigenvalue weighted by molar-refractivity contribution is -0.123. The van der Waals surface area contributed by atoms with Crippen LogP contribution in [0.25, 0.3) is 6.08 Å². The van der Waals surface area contributed by atoms with Crippen LogP contribution in [0.1, 0.15) is 16.7 Å². The number of amides is 2. The Hall–Kier alpha value is -2.81. The predicted octanol–water partition coefficient (Wildman–Crippen LogP) is 7.07. The number of imide groups is 1. The predicted molar refractivity (Wildman–Crippen MR) is 134 cm³/mol. The highest BCUT2D eigenvalue weighted by molar-refractivity contribution is 9.10. The summed E-state index contributed by atoms with van der Waals surface area (Å²) in [5, 5.41) is -0.270. The Morgan fingerprint density at radius 3 is 2.59 bits per heavy atom. The molecule has 174 valence electrons. The van der Waals surface area contributed by atoms with Gasteiger partial charge in [-0.2, -0.15) is 0 Å². The maximum absolute atomic E-state index is 13.3. The largest absolute Gasteiger partial charge is 0.493 e. The van der Waals surface area contributed by atoms with Crippen LogP contribution in [0.5, 0.6) is 11.5 Å². The molecule has 4 rings (SSSR count). The van der Waals surface area contributed by atoms with Crippen molar-refractivity contribution in [1.82, 2.24) is 4.90 Å². The fourth-order valence-corrected chi connectivity index (χ4v) is 4.94. The van der Waals surface area contributed by atoms with Gasteiger partial charge in [0.1, 0.15) is 12.4 Å². The monoisotopic (exact) mass is 561 g/mol. The van der Waals surface area contributed by atoms with E-state index >= 15 is 0 Å². The smallest absolute Gasteiger partial charge is 0.293 e. The molecular weight excluding hydrogens is 545 g/mol. The first-order chi connectivity index (χ1) is 16.4. The molecule has 34 heavy (non-hydrogen) atoms. The molecule has 3 aromatic rings.